The zero-order valence-corrected chi connectivity index (χ0v) is 13.9. The maximum absolute atomic E-state index is 13.0. The average molecular weight is 344 g/mol. The highest BCUT2D eigenvalue weighted by Gasteiger charge is 2.19. The second-order valence-electron chi connectivity index (χ2n) is 5.72. The SMILES string of the molecule is Fc1ccc(N2CCN(Cc3nnc(-c4cccs4)o3)CC2)cc1. The van der Waals surface area contributed by atoms with Crippen LogP contribution in [0.3, 0.4) is 0 Å². The molecule has 0 N–H and O–H groups in total. The van der Waals surface area contributed by atoms with Gasteiger partial charge in [0.2, 0.25) is 5.89 Å². The quantitative estimate of drug-likeness (QED) is 0.727. The Labute approximate surface area is 143 Å². The number of hydrogen-bond donors (Lipinski definition) is 0. The van der Waals surface area contributed by atoms with Crippen LogP contribution in [0.2, 0.25) is 0 Å². The van der Waals surface area contributed by atoms with E-state index in [2.05, 4.69) is 20.0 Å². The molecule has 124 valence electrons. The summed E-state index contributed by atoms with van der Waals surface area (Å²) in [7, 11) is 0. The Balaban J connectivity index is 1.34. The van der Waals surface area contributed by atoms with Gasteiger partial charge in [-0.3, -0.25) is 4.90 Å². The van der Waals surface area contributed by atoms with Crippen LogP contribution < -0.4 is 4.90 Å². The van der Waals surface area contributed by atoms with Crippen molar-refractivity contribution in [2.75, 3.05) is 31.1 Å². The van der Waals surface area contributed by atoms with Gasteiger partial charge in [0.05, 0.1) is 11.4 Å². The summed E-state index contributed by atoms with van der Waals surface area (Å²) in [5.41, 5.74) is 1.06. The Hall–Kier alpha value is -2.25. The molecule has 1 aromatic carbocycles. The summed E-state index contributed by atoms with van der Waals surface area (Å²) in [6.45, 7) is 4.28. The summed E-state index contributed by atoms with van der Waals surface area (Å²) in [5.74, 6) is 1.04. The molecule has 3 aromatic rings. The van der Waals surface area contributed by atoms with Crippen LogP contribution >= 0.6 is 11.3 Å². The first kappa shape index (κ1) is 15.3. The number of benzene rings is 1. The van der Waals surface area contributed by atoms with Crippen LogP contribution in [0.1, 0.15) is 5.89 Å². The molecule has 4 rings (SSSR count). The van der Waals surface area contributed by atoms with Crippen molar-refractivity contribution in [2.24, 2.45) is 0 Å². The third kappa shape index (κ3) is 3.32. The first-order chi connectivity index (χ1) is 11.8. The predicted molar refractivity (Wildman–Crippen MR) is 91.5 cm³/mol. The molecule has 0 aliphatic carbocycles. The van der Waals surface area contributed by atoms with Crippen LogP contribution in [0.15, 0.2) is 46.2 Å². The molecule has 1 saturated heterocycles. The summed E-state index contributed by atoms with van der Waals surface area (Å²) in [5, 5.41) is 10.3. The van der Waals surface area contributed by atoms with Gasteiger partial charge < -0.3 is 9.32 Å². The van der Waals surface area contributed by atoms with Crippen molar-refractivity contribution in [3.05, 3.63) is 53.5 Å². The van der Waals surface area contributed by atoms with Crippen molar-refractivity contribution >= 4 is 17.0 Å². The fraction of sp³-hybridized carbons (Fsp3) is 0.294. The second-order valence-corrected chi connectivity index (χ2v) is 6.67. The highest BCUT2D eigenvalue weighted by molar-refractivity contribution is 7.13. The number of rotatable bonds is 4. The minimum Gasteiger partial charge on any atom is -0.419 e. The van der Waals surface area contributed by atoms with E-state index in [1.54, 1.807) is 11.3 Å². The fourth-order valence-corrected chi connectivity index (χ4v) is 3.47. The highest BCUT2D eigenvalue weighted by Crippen LogP contribution is 2.23. The normalized spacial score (nSPS) is 15.8. The van der Waals surface area contributed by atoms with Crippen molar-refractivity contribution in [2.45, 2.75) is 6.54 Å². The van der Waals surface area contributed by atoms with E-state index in [1.807, 2.05) is 29.6 Å². The lowest BCUT2D eigenvalue weighted by molar-refractivity contribution is 0.227. The predicted octanol–water partition coefficient (Wildman–Crippen LogP) is 3.26. The molecule has 1 aliphatic rings. The molecule has 24 heavy (non-hydrogen) atoms. The van der Waals surface area contributed by atoms with E-state index >= 15 is 0 Å². The smallest absolute Gasteiger partial charge is 0.257 e. The van der Waals surface area contributed by atoms with Crippen LogP contribution in [0.25, 0.3) is 10.8 Å². The van der Waals surface area contributed by atoms with Crippen molar-refractivity contribution < 1.29 is 8.81 Å². The van der Waals surface area contributed by atoms with Gasteiger partial charge in [-0.1, -0.05) is 6.07 Å². The molecule has 0 spiro atoms. The number of piperazine rings is 1. The van der Waals surface area contributed by atoms with E-state index in [1.165, 1.54) is 12.1 Å². The number of hydrogen-bond acceptors (Lipinski definition) is 6. The molecule has 0 unspecified atom stereocenters. The van der Waals surface area contributed by atoms with Gasteiger partial charge in [-0.05, 0) is 35.7 Å². The van der Waals surface area contributed by atoms with E-state index < -0.39 is 0 Å². The van der Waals surface area contributed by atoms with Crippen LogP contribution in [-0.2, 0) is 6.54 Å². The van der Waals surface area contributed by atoms with Gasteiger partial charge in [0.25, 0.3) is 5.89 Å². The van der Waals surface area contributed by atoms with Crippen LogP contribution in [0.5, 0.6) is 0 Å². The van der Waals surface area contributed by atoms with E-state index in [4.69, 9.17) is 4.42 Å². The van der Waals surface area contributed by atoms with Crippen LogP contribution in [-0.4, -0.2) is 41.3 Å². The molecule has 7 heteroatoms. The van der Waals surface area contributed by atoms with Gasteiger partial charge in [0.1, 0.15) is 5.82 Å². The van der Waals surface area contributed by atoms with Crippen molar-refractivity contribution in [3.63, 3.8) is 0 Å². The Kier molecular flexibility index (Phi) is 4.27. The Morgan fingerprint density at radius 3 is 2.54 bits per heavy atom. The average Bonchev–Trinajstić information content (AvgIpc) is 3.28. The Morgan fingerprint density at radius 2 is 1.83 bits per heavy atom. The minimum atomic E-state index is -0.199. The molecule has 0 amide bonds. The minimum absolute atomic E-state index is 0.199. The van der Waals surface area contributed by atoms with Crippen molar-refractivity contribution in [1.82, 2.24) is 15.1 Å². The topological polar surface area (TPSA) is 45.4 Å². The monoisotopic (exact) mass is 344 g/mol. The lowest BCUT2D eigenvalue weighted by atomic mass is 10.2. The summed E-state index contributed by atoms with van der Waals surface area (Å²) < 4.78 is 18.8. The number of aromatic nitrogens is 2. The lowest BCUT2D eigenvalue weighted by Gasteiger charge is -2.35. The van der Waals surface area contributed by atoms with Crippen LogP contribution in [0.4, 0.5) is 10.1 Å². The van der Waals surface area contributed by atoms with Gasteiger partial charge in [0, 0.05) is 31.9 Å². The van der Waals surface area contributed by atoms with E-state index in [9.17, 15) is 4.39 Å². The second kappa shape index (κ2) is 6.70. The Bertz CT molecular complexity index is 779. The summed E-state index contributed by atoms with van der Waals surface area (Å²) in [4.78, 5) is 5.56. The van der Waals surface area contributed by atoms with Gasteiger partial charge in [-0.2, -0.15) is 0 Å². The third-order valence-corrected chi connectivity index (χ3v) is 4.98. The maximum atomic E-state index is 13.0. The van der Waals surface area contributed by atoms with Crippen molar-refractivity contribution in [1.29, 1.82) is 0 Å². The number of nitrogens with zero attached hydrogens (tertiary/aromatic N) is 4. The molecule has 2 aromatic heterocycles. The maximum Gasteiger partial charge on any atom is 0.257 e. The molecule has 3 heterocycles. The van der Waals surface area contributed by atoms with Gasteiger partial charge in [0.15, 0.2) is 0 Å². The Morgan fingerprint density at radius 1 is 1.04 bits per heavy atom. The van der Waals surface area contributed by atoms with Gasteiger partial charge in [-0.15, -0.1) is 21.5 Å². The largest absolute Gasteiger partial charge is 0.419 e. The summed E-state index contributed by atoms with van der Waals surface area (Å²) in [6.07, 6.45) is 0. The van der Waals surface area contributed by atoms with E-state index in [0.717, 1.165) is 36.7 Å². The van der Waals surface area contributed by atoms with Crippen LogP contribution in [0, 0.1) is 5.82 Å². The number of anilines is 1. The highest BCUT2D eigenvalue weighted by atomic mass is 32.1. The molecule has 5 nitrogen and oxygen atoms in total. The zero-order valence-electron chi connectivity index (χ0n) is 13.1. The lowest BCUT2D eigenvalue weighted by Crippen LogP contribution is -2.46. The fourth-order valence-electron chi connectivity index (χ4n) is 2.82. The molecule has 0 saturated carbocycles. The van der Waals surface area contributed by atoms with Gasteiger partial charge >= 0.3 is 0 Å². The molecule has 1 fully saturated rings. The summed E-state index contributed by atoms with van der Waals surface area (Å²) >= 11 is 1.59. The number of thiophene rings is 1. The first-order valence-corrected chi connectivity index (χ1v) is 8.75. The third-order valence-electron chi connectivity index (χ3n) is 4.12. The van der Waals surface area contributed by atoms with Crippen molar-refractivity contribution in [3.8, 4) is 10.8 Å². The number of halogens is 1. The first-order valence-electron chi connectivity index (χ1n) is 7.87. The summed E-state index contributed by atoms with van der Waals surface area (Å²) in [6, 6.07) is 10.6. The molecule has 0 bridgehead atoms. The molecule has 0 atom stereocenters. The van der Waals surface area contributed by atoms with E-state index in [0.29, 0.717) is 18.3 Å². The zero-order chi connectivity index (χ0) is 16.4. The van der Waals surface area contributed by atoms with Gasteiger partial charge in [-0.25, -0.2) is 4.39 Å². The standard InChI is InChI=1S/C17H17FN4OS/c18-13-3-5-14(6-4-13)22-9-7-21(8-10-22)12-16-19-20-17(23-16)15-2-1-11-24-15/h1-6,11H,7-10,12H2. The molecular formula is C17H17FN4OS. The molecular weight excluding hydrogens is 327 g/mol. The van der Waals surface area contributed by atoms with E-state index in [-0.39, 0.29) is 5.82 Å². The molecule has 1 aliphatic heterocycles. The molecule has 0 radical (unpaired) electrons.